The predicted octanol–water partition coefficient (Wildman–Crippen LogP) is 7.45. The predicted molar refractivity (Wildman–Crippen MR) is 181 cm³/mol. The third-order valence-electron chi connectivity index (χ3n) is 7.90. The lowest BCUT2D eigenvalue weighted by molar-refractivity contribution is 0.0492. The SMILES string of the molecule is Cc1cc(N(C)C)ccc1-c1cc2c(NC3CCC(NC(=O)OC(C)(C)C)CC3)c(C(N)=Nc3cc(F)ccc3Cl)cnn2c1. The van der Waals surface area contributed by atoms with E-state index in [9.17, 15) is 9.18 Å². The van der Waals surface area contributed by atoms with E-state index in [1.807, 2.05) is 45.6 Å². The summed E-state index contributed by atoms with van der Waals surface area (Å²) in [5.74, 6) is -0.295. The van der Waals surface area contributed by atoms with E-state index in [0.29, 0.717) is 10.6 Å². The van der Waals surface area contributed by atoms with Crippen LogP contribution in [0.25, 0.3) is 16.6 Å². The van der Waals surface area contributed by atoms with Gasteiger partial charge < -0.3 is 26.0 Å². The normalized spacial score (nSPS) is 17.3. The molecule has 2 aromatic heterocycles. The highest BCUT2D eigenvalue weighted by molar-refractivity contribution is 6.33. The molecule has 1 saturated carbocycles. The molecule has 11 heteroatoms. The lowest BCUT2D eigenvalue weighted by Gasteiger charge is -2.31. The molecule has 9 nitrogen and oxygen atoms in total. The van der Waals surface area contributed by atoms with E-state index in [2.05, 4.69) is 56.8 Å². The number of rotatable bonds is 7. The minimum absolute atomic E-state index is 0.0320. The van der Waals surface area contributed by atoms with Crippen molar-refractivity contribution >= 4 is 46.1 Å². The van der Waals surface area contributed by atoms with Gasteiger partial charge in [-0.3, -0.25) is 0 Å². The fourth-order valence-electron chi connectivity index (χ4n) is 5.62. The van der Waals surface area contributed by atoms with Gasteiger partial charge in [0, 0.05) is 49.7 Å². The van der Waals surface area contributed by atoms with Gasteiger partial charge in [0.25, 0.3) is 0 Å². The molecule has 1 fully saturated rings. The molecule has 0 bridgehead atoms. The summed E-state index contributed by atoms with van der Waals surface area (Å²) in [6.45, 7) is 7.65. The molecule has 0 radical (unpaired) electrons. The Morgan fingerprint density at radius 2 is 1.82 bits per heavy atom. The Hall–Kier alpha value is -4.31. The molecule has 4 aromatic rings. The standard InChI is InChI=1S/C34H41ClFN7O2/c1-20-15-25(42(5)6)12-13-26(20)21-16-30-31(39-23-8-10-24(11-9-23)40-33(44)45-34(2,3)4)27(18-38-43(30)19-21)32(37)41-29-17-22(36)7-14-28(29)35/h7,12-19,23-24,39H,8-11H2,1-6H3,(H2,37,41)(H,40,44). The van der Waals surface area contributed by atoms with Crippen molar-refractivity contribution in [3.63, 3.8) is 0 Å². The van der Waals surface area contributed by atoms with Gasteiger partial charge in [0.2, 0.25) is 0 Å². The van der Waals surface area contributed by atoms with Crippen LogP contribution in [-0.2, 0) is 4.74 Å². The van der Waals surface area contributed by atoms with Crippen LogP contribution in [0.2, 0.25) is 5.02 Å². The van der Waals surface area contributed by atoms with Crippen LogP contribution < -0.4 is 21.3 Å². The first-order chi connectivity index (χ1) is 21.3. The topological polar surface area (TPSA) is 109 Å². The maximum atomic E-state index is 14.0. The molecule has 1 aliphatic carbocycles. The molecular formula is C34H41ClFN7O2. The number of nitrogens with two attached hydrogens (primary N) is 1. The number of aryl methyl sites for hydroxylation is 1. The van der Waals surface area contributed by atoms with Crippen LogP contribution in [0.4, 0.5) is 26.2 Å². The number of amides is 1. The average Bonchev–Trinajstić information content (AvgIpc) is 3.39. The number of ether oxygens (including phenoxy) is 1. The second-order valence-corrected chi connectivity index (χ2v) is 13.2. The van der Waals surface area contributed by atoms with Crippen molar-refractivity contribution in [2.24, 2.45) is 10.7 Å². The number of nitrogens with one attached hydrogen (secondary N) is 2. The summed E-state index contributed by atoms with van der Waals surface area (Å²) < 4.78 is 21.3. The van der Waals surface area contributed by atoms with Crippen LogP contribution in [0.1, 0.15) is 57.6 Å². The van der Waals surface area contributed by atoms with E-state index >= 15 is 0 Å². The first-order valence-electron chi connectivity index (χ1n) is 15.1. The van der Waals surface area contributed by atoms with Gasteiger partial charge in [0.15, 0.2) is 0 Å². The van der Waals surface area contributed by atoms with E-state index in [0.717, 1.165) is 59.3 Å². The Labute approximate surface area is 268 Å². The summed E-state index contributed by atoms with van der Waals surface area (Å²) in [5, 5.41) is 11.7. The zero-order valence-corrected chi connectivity index (χ0v) is 27.4. The number of benzene rings is 2. The summed E-state index contributed by atoms with van der Waals surface area (Å²) in [7, 11) is 4.04. The van der Waals surface area contributed by atoms with Crippen LogP contribution in [0.5, 0.6) is 0 Å². The number of alkyl carbamates (subject to hydrolysis) is 1. The van der Waals surface area contributed by atoms with Crippen LogP contribution in [0, 0.1) is 12.7 Å². The number of fused-ring (bicyclic) bond motifs is 1. The van der Waals surface area contributed by atoms with Gasteiger partial charge in [0.1, 0.15) is 17.3 Å². The molecule has 238 valence electrons. The number of aliphatic imine (C=N–C) groups is 1. The minimum atomic E-state index is -0.549. The Bertz CT molecular complexity index is 1740. The summed E-state index contributed by atoms with van der Waals surface area (Å²) in [5.41, 5.74) is 12.8. The van der Waals surface area contributed by atoms with E-state index in [1.54, 1.807) is 6.20 Å². The minimum Gasteiger partial charge on any atom is -0.444 e. The second kappa shape index (κ2) is 13.0. The zero-order valence-electron chi connectivity index (χ0n) is 26.6. The Morgan fingerprint density at radius 1 is 1.11 bits per heavy atom. The number of anilines is 2. The molecule has 0 unspecified atom stereocenters. The maximum Gasteiger partial charge on any atom is 0.407 e. The molecule has 0 saturated heterocycles. The molecule has 1 aliphatic rings. The second-order valence-electron chi connectivity index (χ2n) is 12.8. The van der Waals surface area contributed by atoms with Crippen molar-refractivity contribution in [2.45, 2.75) is 71.1 Å². The molecule has 0 spiro atoms. The van der Waals surface area contributed by atoms with Crippen LogP contribution >= 0.6 is 11.6 Å². The Kier molecular flexibility index (Phi) is 9.25. The first-order valence-corrected chi connectivity index (χ1v) is 15.5. The molecule has 2 aromatic carbocycles. The smallest absolute Gasteiger partial charge is 0.407 e. The van der Waals surface area contributed by atoms with Gasteiger partial charge in [-0.05, 0) is 94.8 Å². The summed E-state index contributed by atoms with van der Waals surface area (Å²) in [6, 6.07) is 12.6. The third-order valence-corrected chi connectivity index (χ3v) is 8.22. The lowest BCUT2D eigenvalue weighted by Crippen LogP contribution is -2.42. The molecule has 2 heterocycles. The largest absolute Gasteiger partial charge is 0.444 e. The van der Waals surface area contributed by atoms with Crippen LogP contribution in [-0.4, -0.2) is 53.3 Å². The van der Waals surface area contributed by atoms with E-state index in [4.69, 9.17) is 22.1 Å². The number of carbonyl (C=O) groups excluding carboxylic acids is 1. The van der Waals surface area contributed by atoms with Gasteiger partial charge in [-0.1, -0.05) is 17.7 Å². The average molecular weight is 634 g/mol. The third kappa shape index (κ3) is 7.68. The summed E-state index contributed by atoms with van der Waals surface area (Å²) in [4.78, 5) is 18.9. The Morgan fingerprint density at radius 3 is 2.49 bits per heavy atom. The lowest BCUT2D eigenvalue weighted by atomic mass is 9.91. The highest BCUT2D eigenvalue weighted by atomic mass is 35.5. The molecular weight excluding hydrogens is 593 g/mol. The van der Waals surface area contributed by atoms with Crippen LogP contribution in [0.3, 0.4) is 0 Å². The Balaban J connectivity index is 1.48. The molecule has 4 N–H and O–H groups in total. The van der Waals surface area contributed by atoms with Crippen molar-refractivity contribution in [1.82, 2.24) is 14.9 Å². The summed E-state index contributed by atoms with van der Waals surface area (Å²) in [6.07, 6.45) is 6.49. The molecule has 1 amide bonds. The van der Waals surface area contributed by atoms with E-state index in [1.165, 1.54) is 18.2 Å². The van der Waals surface area contributed by atoms with Crippen molar-refractivity contribution in [1.29, 1.82) is 0 Å². The number of amidine groups is 1. The quantitative estimate of drug-likeness (QED) is 0.144. The summed E-state index contributed by atoms with van der Waals surface area (Å²) >= 11 is 6.31. The number of aromatic nitrogens is 2. The number of halogens is 2. The maximum absolute atomic E-state index is 14.0. The first kappa shape index (κ1) is 32.1. The molecule has 5 rings (SSSR count). The van der Waals surface area contributed by atoms with Crippen molar-refractivity contribution in [2.75, 3.05) is 24.3 Å². The van der Waals surface area contributed by atoms with Crippen molar-refractivity contribution in [3.8, 4) is 11.1 Å². The molecule has 0 atom stereocenters. The van der Waals surface area contributed by atoms with E-state index in [-0.39, 0.29) is 23.6 Å². The van der Waals surface area contributed by atoms with Crippen LogP contribution in [0.15, 0.2) is 59.9 Å². The van der Waals surface area contributed by atoms with E-state index < -0.39 is 17.5 Å². The van der Waals surface area contributed by atoms with Gasteiger partial charge in [-0.25, -0.2) is 18.7 Å². The van der Waals surface area contributed by atoms with Gasteiger partial charge >= 0.3 is 6.09 Å². The molecule has 0 aliphatic heterocycles. The number of nitrogens with zero attached hydrogens (tertiary/aromatic N) is 4. The highest BCUT2D eigenvalue weighted by Gasteiger charge is 2.26. The molecule has 45 heavy (non-hydrogen) atoms. The zero-order chi connectivity index (χ0) is 32.5. The van der Waals surface area contributed by atoms with Gasteiger partial charge in [-0.15, -0.1) is 0 Å². The van der Waals surface area contributed by atoms with Crippen molar-refractivity contribution < 1.29 is 13.9 Å². The number of carbonyl (C=O) groups is 1. The number of hydrogen-bond donors (Lipinski definition) is 3. The highest BCUT2D eigenvalue weighted by Crippen LogP contribution is 2.34. The van der Waals surface area contributed by atoms with Gasteiger partial charge in [0.05, 0.1) is 33.7 Å². The van der Waals surface area contributed by atoms with Crippen molar-refractivity contribution in [3.05, 3.63) is 76.8 Å². The fourth-order valence-corrected chi connectivity index (χ4v) is 5.78. The fraction of sp³-hybridized carbons (Fsp3) is 0.382. The monoisotopic (exact) mass is 633 g/mol. The number of hydrogen-bond acceptors (Lipinski definition) is 6. The van der Waals surface area contributed by atoms with Gasteiger partial charge in [-0.2, -0.15) is 5.10 Å².